The molecule has 41 heavy (non-hydrogen) atoms. The molecule has 5 rings (SSSR count). The van der Waals surface area contributed by atoms with Crippen LogP contribution in [0.25, 0.3) is 0 Å². The number of carbonyl (C=O) groups excluding carboxylic acids is 3. The molecule has 0 bridgehead atoms. The fourth-order valence-electron chi connectivity index (χ4n) is 5.26. The number of pyridine rings is 1. The lowest BCUT2D eigenvalue weighted by molar-refractivity contribution is -0.136. The van der Waals surface area contributed by atoms with Crippen molar-refractivity contribution in [3.8, 4) is 11.5 Å². The highest BCUT2D eigenvalue weighted by Crippen LogP contribution is 2.33. The number of rotatable bonds is 10. The van der Waals surface area contributed by atoms with Gasteiger partial charge in [-0.15, -0.1) is 0 Å². The number of sulfonamides is 1. The Morgan fingerprint density at radius 2 is 1.68 bits per heavy atom. The summed E-state index contributed by atoms with van der Waals surface area (Å²) in [5.41, 5.74) is -0.267. The van der Waals surface area contributed by atoms with Gasteiger partial charge in [0, 0.05) is 31.3 Å². The molecule has 12 heteroatoms. The predicted octanol–water partition coefficient (Wildman–Crippen LogP) is 2.31. The zero-order chi connectivity index (χ0) is 29.0. The fourth-order valence-corrected chi connectivity index (χ4v) is 6.93. The van der Waals surface area contributed by atoms with Gasteiger partial charge in [-0.3, -0.25) is 19.2 Å². The molecule has 1 aromatic heterocycles. The molecule has 2 atom stereocenters. The van der Waals surface area contributed by atoms with Crippen molar-refractivity contribution in [3.05, 3.63) is 88.8 Å². The number of likely N-dealkylation sites (tertiary alicyclic amines) is 1. The first-order valence-corrected chi connectivity index (χ1v) is 14.8. The maximum atomic E-state index is 13.1. The first-order chi connectivity index (χ1) is 19.8. The summed E-state index contributed by atoms with van der Waals surface area (Å²) in [4.78, 5) is 53.7. The number of benzene rings is 2. The van der Waals surface area contributed by atoms with E-state index in [1.54, 1.807) is 24.3 Å². The molecule has 3 aromatic rings. The SMILES string of the molecule is O=C(NCCCCC(=O)N1CCC2C1C(=O)CN2S(=O)(=O)c1ccc[nH]c1=O)c1ccc(Oc2ccccc2)cc1. The smallest absolute Gasteiger partial charge is 0.268 e. The number of ketones is 1. The van der Waals surface area contributed by atoms with Gasteiger partial charge in [-0.25, -0.2) is 8.42 Å². The Hall–Kier alpha value is -4.29. The van der Waals surface area contributed by atoms with Crippen LogP contribution in [0, 0.1) is 0 Å². The average Bonchev–Trinajstić information content (AvgIpc) is 3.55. The second kappa shape index (κ2) is 12.1. The van der Waals surface area contributed by atoms with Gasteiger partial charge in [0.15, 0.2) is 5.78 Å². The van der Waals surface area contributed by atoms with Gasteiger partial charge in [0.2, 0.25) is 15.9 Å². The number of amides is 2. The van der Waals surface area contributed by atoms with E-state index in [-0.39, 0.29) is 37.1 Å². The van der Waals surface area contributed by atoms with Crippen molar-refractivity contribution < 1.29 is 27.5 Å². The summed E-state index contributed by atoms with van der Waals surface area (Å²) >= 11 is 0. The fraction of sp³-hybridized carbons (Fsp3) is 0.310. The second-order valence-electron chi connectivity index (χ2n) is 9.92. The van der Waals surface area contributed by atoms with Crippen LogP contribution in [0.2, 0.25) is 0 Å². The highest BCUT2D eigenvalue weighted by atomic mass is 32.2. The summed E-state index contributed by atoms with van der Waals surface area (Å²) in [6.07, 6.45) is 2.87. The van der Waals surface area contributed by atoms with Gasteiger partial charge in [0.25, 0.3) is 11.5 Å². The summed E-state index contributed by atoms with van der Waals surface area (Å²) in [6.45, 7) is 0.260. The van der Waals surface area contributed by atoms with Gasteiger partial charge < -0.3 is 19.9 Å². The minimum atomic E-state index is -4.19. The number of fused-ring (bicyclic) bond motifs is 1. The normalized spacial score (nSPS) is 18.7. The standard InChI is InChI=1S/C29H30N4O7S/c34-24-19-33(41(38,39)25-9-6-17-31-29(25)37)23-15-18-32(27(23)24)26(35)10-4-5-16-30-28(36)20-11-13-22(14-12-20)40-21-7-2-1-3-8-21/h1-3,6-9,11-14,17,23,27H,4-5,10,15-16,18-19H2,(H,30,36)(H,31,37). The van der Waals surface area contributed by atoms with E-state index in [0.717, 1.165) is 4.31 Å². The van der Waals surface area contributed by atoms with Crippen molar-refractivity contribution in [1.29, 1.82) is 0 Å². The number of nitrogens with one attached hydrogen (secondary N) is 2. The van der Waals surface area contributed by atoms with Gasteiger partial charge in [-0.1, -0.05) is 18.2 Å². The van der Waals surface area contributed by atoms with E-state index in [2.05, 4.69) is 10.3 Å². The number of hydrogen-bond donors (Lipinski definition) is 2. The number of aromatic amines is 1. The Morgan fingerprint density at radius 3 is 2.41 bits per heavy atom. The summed E-state index contributed by atoms with van der Waals surface area (Å²) in [5, 5.41) is 2.84. The van der Waals surface area contributed by atoms with E-state index < -0.39 is 32.6 Å². The molecule has 0 aliphatic carbocycles. The van der Waals surface area contributed by atoms with E-state index in [1.807, 2.05) is 30.3 Å². The van der Waals surface area contributed by atoms with Crippen molar-refractivity contribution in [3.63, 3.8) is 0 Å². The molecule has 11 nitrogen and oxygen atoms in total. The number of Topliss-reactive ketones (excluding diaryl/α,β-unsaturated/α-hetero) is 1. The van der Waals surface area contributed by atoms with E-state index in [9.17, 15) is 27.6 Å². The van der Waals surface area contributed by atoms with Crippen LogP contribution < -0.4 is 15.6 Å². The maximum absolute atomic E-state index is 13.1. The molecule has 2 N–H and O–H groups in total. The third-order valence-corrected chi connectivity index (χ3v) is 9.16. The van der Waals surface area contributed by atoms with Crippen molar-refractivity contribution in [1.82, 2.24) is 19.5 Å². The lowest BCUT2D eigenvalue weighted by atomic mass is 10.1. The molecule has 2 saturated heterocycles. The molecule has 2 unspecified atom stereocenters. The molecule has 0 radical (unpaired) electrons. The van der Waals surface area contributed by atoms with Crippen LogP contribution in [-0.2, 0) is 19.6 Å². The monoisotopic (exact) mass is 578 g/mol. The largest absolute Gasteiger partial charge is 0.457 e. The van der Waals surface area contributed by atoms with Crippen LogP contribution >= 0.6 is 0 Å². The van der Waals surface area contributed by atoms with Crippen LogP contribution in [0.15, 0.2) is 82.6 Å². The quantitative estimate of drug-likeness (QED) is 0.351. The molecular formula is C29H30N4O7S. The van der Waals surface area contributed by atoms with Crippen LogP contribution in [0.4, 0.5) is 0 Å². The van der Waals surface area contributed by atoms with Gasteiger partial charge >= 0.3 is 0 Å². The second-order valence-corrected chi connectivity index (χ2v) is 11.8. The highest BCUT2D eigenvalue weighted by Gasteiger charge is 2.53. The molecule has 2 aliphatic heterocycles. The third-order valence-electron chi connectivity index (χ3n) is 7.26. The molecular weight excluding hydrogens is 548 g/mol. The Morgan fingerprint density at radius 1 is 0.951 bits per heavy atom. The van der Waals surface area contributed by atoms with Crippen LogP contribution in [0.3, 0.4) is 0 Å². The number of para-hydroxylation sites is 1. The van der Waals surface area contributed by atoms with Crippen molar-refractivity contribution in [2.75, 3.05) is 19.6 Å². The van der Waals surface area contributed by atoms with E-state index in [0.29, 0.717) is 42.9 Å². The van der Waals surface area contributed by atoms with Crippen LogP contribution in [0.1, 0.15) is 36.0 Å². The van der Waals surface area contributed by atoms with Gasteiger partial charge in [-0.05, 0) is 67.8 Å². The Labute approximate surface area is 237 Å². The lowest BCUT2D eigenvalue weighted by Gasteiger charge is -2.24. The Kier molecular flexibility index (Phi) is 8.31. The number of nitrogens with zero attached hydrogens (tertiary/aromatic N) is 2. The minimum absolute atomic E-state index is 0.170. The molecule has 214 valence electrons. The third kappa shape index (κ3) is 6.08. The average molecular weight is 579 g/mol. The van der Waals surface area contributed by atoms with Crippen molar-refractivity contribution in [2.24, 2.45) is 0 Å². The maximum Gasteiger partial charge on any atom is 0.268 e. The van der Waals surface area contributed by atoms with E-state index in [4.69, 9.17) is 4.74 Å². The van der Waals surface area contributed by atoms with Gasteiger partial charge in [0.05, 0.1) is 12.6 Å². The zero-order valence-corrected chi connectivity index (χ0v) is 23.0. The highest BCUT2D eigenvalue weighted by molar-refractivity contribution is 7.89. The molecule has 0 spiro atoms. The van der Waals surface area contributed by atoms with Crippen molar-refractivity contribution >= 4 is 27.6 Å². The summed E-state index contributed by atoms with van der Waals surface area (Å²) in [7, 11) is -4.19. The molecule has 3 heterocycles. The topological polar surface area (TPSA) is 146 Å². The Bertz CT molecular complexity index is 1590. The van der Waals surface area contributed by atoms with Crippen LogP contribution in [-0.4, -0.2) is 71.9 Å². The lowest BCUT2D eigenvalue weighted by Crippen LogP contribution is -2.44. The van der Waals surface area contributed by atoms with E-state index >= 15 is 0 Å². The summed E-state index contributed by atoms with van der Waals surface area (Å²) in [5.74, 6) is 0.491. The number of hydrogen-bond acceptors (Lipinski definition) is 7. The summed E-state index contributed by atoms with van der Waals surface area (Å²) in [6, 6.07) is 17.2. The van der Waals surface area contributed by atoms with Gasteiger partial charge in [0.1, 0.15) is 22.4 Å². The number of carbonyl (C=O) groups is 3. The molecule has 2 aromatic carbocycles. The molecule has 2 aliphatic rings. The molecule has 2 fully saturated rings. The number of aromatic nitrogens is 1. The predicted molar refractivity (Wildman–Crippen MR) is 149 cm³/mol. The van der Waals surface area contributed by atoms with E-state index in [1.165, 1.54) is 23.2 Å². The number of unbranched alkanes of at least 4 members (excludes halogenated alkanes) is 1. The first-order valence-electron chi connectivity index (χ1n) is 13.4. The minimum Gasteiger partial charge on any atom is -0.457 e. The Balaban J connectivity index is 1.08. The first kappa shape index (κ1) is 28.2. The zero-order valence-electron chi connectivity index (χ0n) is 22.2. The van der Waals surface area contributed by atoms with Crippen molar-refractivity contribution in [2.45, 2.75) is 42.7 Å². The molecule has 0 saturated carbocycles. The number of H-pyrrole nitrogens is 1. The number of ether oxygens (including phenoxy) is 1. The molecule has 2 amide bonds. The van der Waals surface area contributed by atoms with Gasteiger partial charge in [-0.2, -0.15) is 4.31 Å². The summed E-state index contributed by atoms with van der Waals surface area (Å²) < 4.78 is 33.0. The van der Waals surface area contributed by atoms with Crippen LogP contribution in [0.5, 0.6) is 11.5 Å².